The first-order valence-corrected chi connectivity index (χ1v) is 10.7. The van der Waals surface area contributed by atoms with Crippen molar-refractivity contribution >= 4 is 17.1 Å². The number of hydrogen-bond acceptors (Lipinski definition) is 5. The molecule has 0 unspecified atom stereocenters. The lowest BCUT2D eigenvalue weighted by atomic mass is 9.95. The summed E-state index contributed by atoms with van der Waals surface area (Å²) in [6.07, 6.45) is 5.30. The predicted molar refractivity (Wildman–Crippen MR) is 118 cm³/mol. The van der Waals surface area contributed by atoms with Crippen LogP contribution in [0.15, 0.2) is 65.0 Å². The van der Waals surface area contributed by atoms with E-state index in [1.165, 1.54) is 16.9 Å². The highest BCUT2D eigenvalue weighted by atomic mass is 32.1. The molecule has 4 heterocycles. The molecule has 30 heavy (non-hydrogen) atoms. The van der Waals surface area contributed by atoms with E-state index in [1.807, 2.05) is 54.9 Å². The zero-order chi connectivity index (χ0) is 20.7. The average Bonchev–Trinajstić information content (AvgIpc) is 3.11. The van der Waals surface area contributed by atoms with Gasteiger partial charge in [0.2, 0.25) is 5.78 Å². The van der Waals surface area contributed by atoms with Crippen LogP contribution in [0.25, 0.3) is 22.4 Å². The summed E-state index contributed by atoms with van der Waals surface area (Å²) in [5.74, 6) is -0.318. The van der Waals surface area contributed by atoms with Gasteiger partial charge in [0.1, 0.15) is 0 Å². The molecule has 6 heteroatoms. The normalized spacial score (nSPS) is 12.7. The van der Waals surface area contributed by atoms with E-state index in [2.05, 4.69) is 9.97 Å². The molecule has 4 aromatic rings. The fourth-order valence-electron chi connectivity index (χ4n) is 4.03. The lowest BCUT2D eigenvalue weighted by Gasteiger charge is -2.18. The highest BCUT2D eigenvalue weighted by Gasteiger charge is 2.26. The maximum Gasteiger partial charge on any atom is 0.262 e. The van der Waals surface area contributed by atoms with Crippen molar-refractivity contribution in [2.75, 3.05) is 0 Å². The summed E-state index contributed by atoms with van der Waals surface area (Å²) in [4.78, 5) is 35.3. The first kappa shape index (κ1) is 18.6. The largest absolute Gasteiger partial charge is 0.307 e. The Hall–Kier alpha value is -3.38. The average molecular weight is 414 g/mol. The standard InChI is InChI=1S/C24H19N3O2S/c1-15-14-30-23(26-15)22(28)19-12-18(16-6-3-2-4-7-16)21-20-13-25-10-9-17(20)8-5-11-27(21)24(19)29/h2-4,6-7,9-10,12-14H,5,8,11H2,1H3. The van der Waals surface area contributed by atoms with Crippen molar-refractivity contribution in [2.24, 2.45) is 0 Å². The second kappa shape index (κ2) is 7.46. The van der Waals surface area contributed by atoms with Gasteiger partial charge in [0.25, 0.3) is 5.56 Å². The van der Waals surface area contributed by atoms with Crippen LogP contribution in [0, 0.1) is 6.92 Å². The Balaban J connectivity index is 1.83. The van der Waals surface area contributed by atoms with Gasteiger partial charge in [0.05, 0.1) is 11.3 Å². The van der Waals surface area contributed by atoms with Gasteiger partial charge in [-0.25, -0.2) is 4.98 Å². The van der Waals surface area contributed by atoms with Gasteiger partial charge in [-0.2, -0.15) is 0 Å². The van der Waals surface area contributed by atoms with Crippen LogP contribution in [0.1, 0.15) is 33.0 Å². The van der Waals surface area contributed by atoms with Gasteiger partial charge in [0, 0.05) is 41.1 Å². The number of hydrogen-bond donors (Lipinski definition) is 0. The molecule has 1 aliphatic rings. The fraction of sp³-hybridized carbons (Fsp3) is 0.167. The number of ketones is 1. The molecule has 0 saturated heterocycles. The SMILES string of the molecule is Cc1csc(C(=O)c2cc(-c3ccccc3)c3n(c2=O)CCCc2ccncc2-3)n1. The number of thiazole rings is 1. The van der Waals surface area contributed by atoms with Crippen LogP contribution in [0.2, 0.25) is 0 Å². The molecule has 5 rings (SSSR count). The third-order valence-electron chi connectivity index (χ3n) is 5.43. The van der Waals surface area contributed by atoms with E-state index in [0.29, 0.717) is 11.6 Å². The molecular formula is C24H19N3O2S. The Morgan fingerprint density at radius 3 is 2.73 bits per heavy atom. The summed E-state index contributed by atoms with van der Waals surface area (Å²) in [5, 5.41) is 2.17. The quantitative estimate of drug-likeness (QED) is 0.463. The number of benzene rings is 1. The van der Waals surface area contributed by atoms with Gasteiger partial charge >= 0.3 is 0 Å². The molecule has 3 aromatic heterocycles. The van der Waals surface area contributed by atoms with Gasteiger partial charge in [-0.15, -0.1) is 11.3 Å². The van der Waals surface area contributed by atoms with E-state index in [-0.39, 0.29) is 16.9 Å². The van der Waals surface area contributed by atoms with Gasteiger partial charge in [-0.05, 0) is 43.0 Å². The number of carbonyl (C=O) groups excluding carboxylic acids is 1. The molecule has 0 saturated carbocycles. The van der Waals surface area contributed by atoms with E-state index >= 15 is 0 Å². The van der Waals surface area contributed by atoms with E-state index in [4.69, 9.17) is 0 Å². The van der Waals surface area contributed by atoms with Crippen LogP contribution in [-0.4, -0.2) is 20.3 Å². The third-order valence-corrected chi connectivity index (χ3v) is 6.39. The smallest absolute Gasteiger partial charge is 0.262 e. The van der Waals surface area contributed by atoms with E-state index < -0.39 is 0 Å². The molecule has 0 N–H and O–H groups in total. The predicted octanol–water partition coefficient (Wildman–Crippen LogP) is 4.52. The van der Waals surface area contributed by atoms with E-state index in [0.717, 1.165) is 40.9 Å². The fourth-order valence-corrected chi connectivity index (χ4v) is 4.78. The number of rotatable bonds is 3. The van der Waals surface area contributed by atoms with Crippen LogP contribution in [0.5, 0.6) is 0 Å². The molecule has 0 amide bonds. The highest BCUT2D eigenvalue weighted by Crippen LogP contribution is 2.36. The molecule has 1 aliphatic heterocycles. The molecule has 0 bridgehead atoms. The molecule has 0 fully saturated rings. The second-order valence-corrected chi connectivity index (χ2v) is 8.26. The first-order valence-electron chi connectivity index (χ1n) is 9.87. The maximum atomic E-state index is 13.5. The number of carbonyl (C=O) groups is 1. The lowest BCUT2D eigenvalue weighted by molar-refractivity contribution is 0.103. The van der Waals surface area contributed by atoms with Crippen LogP contribution >= 0.6 is 11.3 Å². The molecule has 148 valence electrons. The Kier molecular flexibility index (Phi) is 4.64. The third kappa shape index (κ3) is 3.09. The van der Waals surface area contributed by atoms with Crippen molar-refractivity contribution in [2.45, 2.75) is 26.3 Å². The summed E-state index contributed by atoms with van der Waals surface area (Å²) in [6, 6.07) is 13.6. The molecule has 5 nitrogen and oxygen atoms in total. The summed E-state index contributed by atoms with van der Waals surface area (Å²) in [6.45, 7) is 2.40. The van der Waals surface area contributed by atoms with E-state index in [9.17, 15) is 9.59 Å². The van der Waals surface area contributed by atoms with Crippen LogP contribution in [0.3, 0.4) is 0 Å². The van der Waals surface area contributed by atoms with Crippen LogP contribution in [-0.2, 0) is 13.0 Å². The number of fused-ring (bicyclic) bond motifs is 3. The Morgan fingerprint density at radius 2 is 1.97 bits per heavy atom. The summed E-state index contributed by atoms with van der Waals surface area (Å²) in [7, 11) is 0. The van der Waals surface area contributed by atoms with Gasteiger partial charge in [-0.3, -0.25) is 14.6 Å². The lowest BCUT2D eigenvalue weighted by Crippen LogP contribution is -2.28. The molecule has 0 aliphatic carbocycles. The summed E-state index contributed by atoms with van der Waals surface area (Å²) >= 11 is 1.27. The number of aryl methyl sites for hydroxylation is 2. The topological polar surface area (TPSA) is 64.8 Å². The second-order valence-electron chi connectivity index (χ2n) is 7.40. The van der Waals surface area contributed by atoms with Crippen LogP contribution in [0.4, 0.5) is 0 Å². The number of pyridine rings is 2. The monoisotopic (exact) mass is 413 g/mol. The first-order chi connectivity index (χ1) is 14.6. The number of nitrogens with zero attached hydrogens (tertiary/aromatic N) is 3. The Morgan fingerprint density at radius 1 is 1.13 bits per heavy atom. The highest BCUT2D eigenvalue weighted by molar-refractivity contribution is 7.12. The van der Waals surface area contributed by atoms with Crippen LogP contribution < -0.4 is 5.56 Å². The minimum Gasteiger partial charge on any atom is -0.307 e. The van der Waals surface area contributed by atoms with Crippen molar-refractivity contribution in [3.63, 3.8) is 0 Å². The van der Waals surface area contributed by atoms with Crippen molar-refractivity contribution in [3.8, 4) is 22.4 Å². The van der Waals surface area contributed by atoms with Gasteiger partial charge < -0.3 is 4.57 Å². The van der Waals surface area contributed by atoms with Gasteiger partial charge in [0.15, 0.2) is 5.01 Å². The number of aromatic nitrogens is 3. The maximum absolute atomic E-state index is 13.5. The van der Waals surface area contributed by atoms with E-state index in [1.54, 1.807) is 16.8 Å². The van der Waals surface area contributed by atoms with Crippen molar-refractivity contribution in [1.82, 2.24) is 14.5 Å². The summed E-state index contributed by atoms with van der Waals surface area (Å²) < 4.78 is 1.75. The van der Waals surface area contributed by atoms with Crippen molar-refractivity contribution in [3.05, 3.63) is 92.4 Å². The Bertz CT molecular complexity index is 1320. The molecule has 0 atom stereocenters. The minimum atomic E-state index is -0.318. The Labute approximate surface area is 177 Å². The van der Waals surface area contributed by atoms with Crippen molar-refractivity contribution in [1.29, 1.82) is 0 Å². The van der Waals surface area contributed by atoms with Crippen molar-refractivity contribution < 1.29 is 4.79 Å². The van der Waals surface area contributed by atoms with Gasteiger partial charge in [-0.1, -0.05) is 30.3 Å². The summed E-state index contributed by atoms with van der Waals surface area (Å²) in [5.41, 5.74) is 5.46. The minimum absolute atomic E-state index is 0.166. The molecule has 0 spiro atoms. The zero-order valence-corrected chi connectivity index (χ0v) is 17.3. The molecule has 1 aromatic carbocycles. The molecular weight excluding hydrogens is 394 g/mol. The zero-order valence-electron chi connectivity index (χ0n) is 16.5. The molecule has 0 radical (unpaired) electrons.